The fourth-order valence-electron chi connectivity index (χ4n) is 2.09. The summed E-state index contributed by atoms with van der Waals surface area (Å²) in [5.41, 5.74) is 1.88. The Balaban J connectivity index is 1.91. The summed E-state index contributed by atoms with van der Waals surface area (Å²) in [7, 11) is 0. The van der Waals surface area contributed by atoms with E-state index in [0.717, 1.165) is 36.6 Å². The van der Waals surface area contributed by atoms with Gasteiger partial charge in [0, 0.05) is 18.0 Å². The highest BCUT2D eigenvalue weighted by Gasteiger charge is 2.20. The van der Waals surface area contributed by atoms with Gasteiger partial charge in [0.25, 0.3) is 0 Å². The van der Waals surface area contributed by atoms with Gasteiger partial charge >= 0.3 is 0 Å². The Kier molecular flexibility index (Phi) is 3.13. The summed E-state index contributed by atoms with van der Waals surface area (Å²) in [6, 6.07) is 1.87. The molecular formula is C11H11Cl2N3S. The number of aromatic amines is 1. The molecular weight excluding hydrogens is 277 g/mol. The Morgan fingerprint density at radius 1 is 1.41 bits per heavy atom. The molecule has 1 unspecified atom stereocenters. The number of thiophene rings is 1. The number of hydrogen-bond donors (Lipinski definition) is 2. The summed E-state index contributed by atoms with van der Waals surface area (Å²) >= 11 is 13.4. The van der Waals surface area contributed by atoms with Crippen LogP contribution >= 0.6 is 34.5 Å². The predicted molar refractivity (Wildman–Crippen MR) is 72.1 cm³/mol. The number of halogens is 2. The molecule has 90 valence electrons. The second-order valence-electron chi connectivity index (χ2n) is 4.11. The van der Waals surface area contributed by atoms with Gasteiger partial charge in [-0.3, -0.25) is 0 Å². The number of H-pyrrole nitrogens is 1. The smallest absolute Gasteiger partial charge is 0.110 e. The number of nitrogens with zero attached hydrogens (tertiary/aromatic N) is 1. The largest absolute Gasteiger partial charge is 0.342 e. The molecule has 0 aliphatic carbocycles. The first kappa shape index (κ1) is 11.5. The lowest BCUT2D eigenvalue weighted by molar-refractivity contribution is 0.715. The SMILES string of the molecule is Clc1cc(-c2cnc(C3CCNC3)[nH]2)c(Cl)s1. The maximum Gasteiger partial charge on any atom is 0.110 e. The van der Waals surface area contributed by atoms with Crippen molar-refractivity contribution >= 4 is 34.5 Å². The molecule has 0 bridgehead atoms. The van der Waals surface area contributed by atoms with Crippen LogP contribution in [0.15, 0.2) is 12.3 Å². The van der Waals surface area contributed by atoms with E-state index in [9.17, 15) is 0 Å². The Labute approximate surface area is 113 Å². The first-order chi connectivity index (χ1) is 8.24. The molecule has 2 aromatic heterocycles. The molecule has 0 aromatic carbocycles. The van der Waals surface area contributed by atoms with Gasteiger partial charge in [0.15, 0.2) is 0 Å². The average Bonchev–Trinajstić information content (AvgIpc) is 2.97. The summed E-state index contributed by atoms with van der Waals surface area (Å²) in [6.07, 6.45) is 2.96. The molecule has 6 heteroatoms. The summed E-state index contributed by atoms with van der Waals surface area (Å²) in [6.45, 7) is 2.05. The van der Waals surface area contributed by atoms with Crippen molar-refractivity contribution in [2.75, 3.05) is 13.1 Å². The number of rotatable bonds is 2. The molecule has 1 aliphatic heterocycles. The maximum absolute atomic E-state index is 6.12. The predicted octanol–water partition coefficient (Wildman–Crippen LogP) is 3.52. The third kappa shape index (κ3) is 2.22. The van der Waals surface area contributed by atoms with E-state index in [4.69, 9.17) is 23.2 Å². The zero-order chi connectivity index (χ0) is 11.8. The van der Waals surface area contributed by atoms with Gasteiger partial charge in [-0.2, -0.15) is 0 Å². The van der Waals surface area contributed by atoms with Crippen LogP contribution in [-0.4, -0.2) is 23.1 Å². The van der Waals surface area contributed by atoms with Crippen molar-refractivity contribution in [1.29, 1.82) is 0 Å². The fourth-order valence-corrected chi connectivity index (χ4v) is 3.58. The molecule has 1 aliphatic rings. The molecule has 2 N–H and O–H groups in total. The Morgan fingerprint density at radius 3 is 2.94 bits per heavy atom. The van der Waals surface area contributed by atoms with E-state index in [1.807, 2.05) is 12.3 Å². The van der Waals surface area contributed by atoms with Crippen LogP contribution in [0.25, 0.3) is 11.3 Å². The quantitative estimate of drug-likeness (QED) is 0.887. The molecule has 17 heavy (non-hydrogen) atoms. The van der Waals surface area contributed by atoms with Crippen LogP contribution in [0.2, 0.25) is 8.67 Å². The zero-order valence-corrected chi connectivity index (χ0v) is 11.3. The second kappa shape index (κ2) is 4.61. The van der Waals surface area contributed by atoms with Crippen molar-refractivity contribution < 1.29 is 0 Å². The third-order valence-corrected chi connectivity index (χ3v) is 4.48. The average molecular weight is 288 g/mol. The fraction of sp³-hybridized carbons (Fsp3) is 0.364. The van der Waals surface area contributed by atoms with Gasteiger partial charge in [0.2, 0.25) is 0 Å². The van der Waals surface area contributed by atoms with Gasteiger partial charge in [0.1, 0.15) is 10.2 Å². The highest BCUT2D eigenvalue weighted by Crippen LogP contribution is 2.37. The molecule has 2 aromatic rings. The van der Waals surface area contributed by atoms with E-state index < -0.39 is 0 Å². The van der Waals surface area contributed by atoms with Crippen molar-refractivity contribution in [1.82, 2.24) is 15.3 Å². The van der Waals surface area contributed by atoms with E-state index in [1.165, 1.54) is 11.3 Å². The van der Waals surface area contributed by atoms with E-state index in [-0.39, 0.29) is 0 Å². The molecule has 0 spiro atoms. The van der Waals surface area contributed by atoms with Gasteiger partial charge in [0.05, 0.1) is 16.2 Å². The third-order valence-electron chi connectivity index (χ3n) is 2.99. The molecule has 1 atom stereocenters. The molecule has 3 nitrogen and oxygen atoms in total. The molecule has 1 fully saturated rings. The van der Waals surface area contributed by atoms with E-state index in [0.29, 0.717) is 14.6 Å². The van der Waals surface area contributed by atoms with Crippen LogP contribution in [-0.2, 0) is 0 Å². The lowest BCUT2D eigenvalue weighted by Gasteiger charge is -2.02. The van der Waals surface area contributed by atoms with Crippen molar-refractivity contribution in [2.24, 2.45) is 0 Å². The Bertz CT molecular complexity index is 529. The minimum absolute atomic E-state index is 0.483. The van der Waals surface area contributed by atoms with Gasteiger partial charge in [-0.1, -0.05) is 23.2 Å². The van der Waals surface area contributed by atoms with Crippen molar-refractivity contribution in [2.45, 2.75) is 12.3 Å². The van der Waals surface area contributed by atoms with Crippen LogP contribution in [0.3, 0.4) is 0 Å². The summed E-state index contributed by atoms with van der Waals surface area (Å²) in [5, 5.41) is 3.33. The molecule has 0 saturated carbocycles. The number of hydrogen-bond acceptors (Lipinski definition) is 3. The molecule has 0 radical (unpaired) electrons. The van der Waals surface area contributed by atoms with E-state index in [1.54, 1.807) is 0 Å². The van der Waals surface area contributed by atoms with Crippen LogP contribution in [0.1, 0.15) is 18.2 Å². The lowest BCUT2D eigenvalue weighted by atomic mass is 10.1. The van der Waals surface area contributed by atoms with Gasteiger partial charge in [-0.25, -0.2) is 4.98 Å². The number of imidazole rings is 1. The number of nitrogens with one attached hydrogen (secondary N) is 2. The minimum Gasteiger partial charge on any atom is -0.342 e. The van der Waals surface area contributed by atoms with Crippen molar-refractivity contribution in [3.8, 4) is 11.3 Å². The lowest BCUT2D eigenvalue weighted by Crippen LogP contribution is -2.08. The molecule has 3 rings (SSSR count). The monoisotopic (exact) mass is 287 g/mol. The number of aromatic nitrogens is 2. The second-order valence-corrected chi connectivity index (χ2v) is 6.40. The normalized spacial score (nSPS) is 20.0. The van der Waals surface area contributed by atoms with Crippen molar-refractivity contribution in [3.05, 3.63) is 26.8 Å². The van der Waals surface area contributed by atoms with Gasteiger partial charge in [-0.15, -0.1) is 11.3 Å². The Morgan fingerprint density at radius 2 is 2.29 bits per heavy atom. The van der Waals surface area contributed by atoms with E-state index >= 15 is 0 Å². The van der Waals surface area contributed by atoms with E-state index in [2.05, 4.69) is 15.3 Å². The van der Waals surface area contributed by atoms with Crippen LogP contribution < -0.4 is 5.32 Å². The van der Waals surface area contributed by atoms with Crippen molar-refractivity contribution in [3.63, 3.8) is 0 Å². The standard InChI is InChI=1S/C11H11Cl2N3S/c12-9-3-7(10(13)17-9)8-5-15-11(16-8)6-1-2-14-4-6/h3,5-6,14H,1-2,4H2,(H,15,16). The first-order valence-electron chi connectivity index (χ1n) is 5.45. The summed E-state index contributed by atoms with van der Waals surface area (Å²) < 4.78 is 1.40. The molecule has 3 heterocycles. The van der Waals surface area contributed by atoms with Gasteiger partial charge in [-0.05, 0) is 19.0 Å². The topological polar surface area (TPSA) is 40.7 Å². The molecule has 0 amide bonds. The summed E-state index contributed by atoms with van der Waals surface area (Å²) in [4.78, 5) is 7.77. The zero-order valence-electron chi connectivity index (χ0n) is 8.96. The van der Waals surface area contributed by atoms with Gasteiger partial charge < -0.3 is 10.3 Å². The maximum atomic E-state index is 6.12. The van der Waals surface area contributed by atoms with Crippen LogP contribution in [0, 0.1) is 0 Å². The molecule has 1 saturated heterocycles. The van der Waals surface area contributed by atoms with Crippen LogP contribution in [0.5, 0.6) is 0 Å². The summed E-state index contributed by atoms with van der Waals surface area (Å²) in [5.74, 6) is 1.51. The van der Waals surface area contributed by atoms with Crippen LogP contribution in [0.4, 0.5) is 0 Å². The Hall–Kier alpha value is -0.550. The minimum atomic E-state index is 0.483. The highest BCUT2D eigenvalue weighted by molar-refractivity contribution is 7.20. The highest BCUT2D eigenvalue weighted by atomic mass is 35.5. The first-order valence-corrected chi connectivity index (χ1v) is 7.02.